The Morgan fingerprint density at radius 1 is 0.909 bits per heavy atom. The van der Waals surface area contributed by atoms with Crippen LogP contribution in [0.5, 0.6) is 0 Å². The van der Waals surface area contributed by atoms with Crippen molar-refractivity contribution in [3.8, 4) is 0 Å². The van der Waals surface area contributed by atoms with Crippen LogP contribution in [0.15, 0.2) is 54.6 Å². The van der Waals surface area contributed by atoms with Crippen LogP contribution in [-0.4, -0.2) is 64.5 Å². The number of carbonyl (C=O) groups is 2. The van der Waals surface area contributed by atoms with Crippen LogP contribution in [-0.2, 0) is 24.2 Å². The quantitative estimate of drug-likeness (QED) is 0.668. The Morgan fingerprint density at radius 3 is 2.39 bits per heavy atom. The molecule has 0 atom stereocenters. The number of aromatic nitrogens is 2. The SMILES string of the molecule is O=C(Cc1ccccc1F)N1CCc2[nH]nc(C(=O)N3CCN(c4ccccc4)CC3)c2C1. The molecule has 0 saturated carbocycles. The van der Waals surface area contributed by atoms with Crippen molar-refractivity contribution in [3.05, 3.63) is 82.9 Å². The summed E-state index contributed by atoms with van der Waals surface area (Å²) >= 11 is 0. The summed E-state index contributed by atoms with van der Waals surface area (Å²) in [5.41, 5.74) is 3.61. The van der Waals surface area contributed by atoms with Crippen LogP contribution in [0, 0.1) is 5.82 Å². The number of nitrogens with zero attached hydrogens (tertiary/aromatic N) is 4. The van der Waals surface area contributed by atoms with Crippen molar-refractivity contribution in [2.45, 2.75) is 19.4 Å². The number of anilines is 1. The molecule has 3 aromatic rings. The van der Waals surface area contributed by atoms with E-state index in [-0.39, 0.29) is 24.1 Å². The van der Waals surface area contributed by atoms with Gasteiger partial charge in [-0.25, -0.2) is 4.39 Å². The van der Waals surface area contributed by atoms with Crippen LogP contribution in [0.4, 0.5) is 10.1 Å². The molecule has 1 N–H and O–H groups in total. The molecular weight excluding hydrogens is 421 g/mol. The van der Waals surface area contributed by atoms with Gasteiger partial charge in [-0.2, -0.15) is 5.10 Å². The third-order valence-corrected chi connectivity index (χ3v) is 6.48. The highest BCUT2D eigenvalue weighted by Gasteiger charge is 2.31. The van der Waals surface area contributed by atoms with Gasteiger partial charge < -0.3 is 14.7 Å². The van der Waals surface area contributed by atoms with E-state index in [2.05, 4.69) is 27.2 Å². The Morgan fingerprint density at radius 2 is 1.64 bits per heavy atom. The second kappa shape index (κ2) is 9.05. The maximum absolute atomic E-state index is 14.0. The van der Waals surface area contributed by atoms with Crippen LogP contribution >= 0.6 is 0 Å². The molecule has 1 fully saturated rings. The molecule has 170 valence electrons. The van der Waals surface area contributed by atoms with Crippen molar-refractivity contribution in [3.63, 3.8) is 0 Å². The molecule has 2 aromatic carbocycles. The van der Waals surface area contributed by atoms with Gasteiger partial charge >= 0.3 is 0 Å². The molecule has 0 radical (unpaired) electrons. The van der Waals surface area contributed by atoms with Crippen LogP contribution in [0.2, 0.25) is 0 Å². The molecule has 7 nitrogen and oxygen atoms in total. The minimum atomic E-state index is -0.377. The monoisotopic (exact) mass is 447 g/mol. The summed E-state index contributed by atoms with van der Waals surface area (Å²) < 4.78 is 14.0. The first-order valence-corrected chi connectivity index (χ1v) is 11.3. The van der Waals surface area contributed by atoms with Gasteiger partial charge in [-0.15, -0.1) is 0 Å². The summed E-state index contributed by atoms with van der Waals surface area (Å²) in [6.45, 7) is 3.58. The van der Waals surface area contributed by atoms with E-state index in [1.54, 1.807) is 23.1 Å². The number of amides is 2. The fourth-order valence-corrected chi connectivity index (χ4v) is 4.56. The average Bonchev–Trinajstić information content (AvgIpc) is 3.29. The van der Waals surface area contributed by atoms with Crippen molar-refractivity contribution < 1.29 is 14.0 Å². The van der Waals surface area contributed by atoms with Gasteiger partial charge in [-0.05, 0) is 23.8 Å². The Bertz CT molecular complexity index is 1150. The first-order chi connectivity index (χ1) is 16.1. The van der Waals surface area contributed by atoms with Crippen molar-refractivity contribution in [1.82, 2.24) is 20.0 Å². The number of carbonyl (C=O) groups excluding carboxylic acids is 2. The van der Waals surface area contributed by atoms with Crippen LogP contribution in [0.25, 0.3) is 0 Å². The minimum absolute atomic E-state index is 0.00455. The Balaban J connectivity index is 1.25. The molecule has 1 saturated heterocycles. The number of halogens is 1. The molecule has 0 bridgehead atoms. The molecule has 3 heterocycles. The fourth-order valence-electron chi connectivity index (χ4n) is 4.56. The van der Waals surface area contributed by atoms with E-state index in [0.717, 1.165) is 30.0 Å². The van der Waals surface area contributed by atoms with Crippen molar-refractivity contribution in [2.75, 3.05) is 37.6 Å². The lowest BCUT2D eigenvalue weighted by Gasteiger charge is -2.36. The number of hydrogen-bond donors (Lipinski definition) is 1. The highest BCUT2D eigenvalue weighted by atomic mass is 19.1. The largest absolute Gasteiger partial charge is 0.368 e. The van der Waals surface area contributed by atoms with Gasteiger partial charge in [-0.1, -0.05) is 36.4 Å². The maximum atomic E-state index is 14.0. The zero-order chi connectivity index (χ0) is 22.8. The molecule has 2 aliphatic heterocycles. The zero-order valence-corrected chi connectivity index (χ0v) is 18.3. The van der Waals surface area contributed by atoms with Crippen molar-refractivity contribution >= 4 is 17.5 Å². The molecule has 0 aliphatic carbocycles. The lowest BCUT2D eigenvalue weighted by molar-refractivity contribution is -0.131. The molecule has 0 spiro atoms. The van der Waals surface area contributed by atoms with Crippen LogP contribution in [0.1, 0.15) is 27.3 Å². The first-order valence-electron chi connectivity index (χ1n) is 11.3. The van der Waals surface area contributed by atoms with E-state index in [1.807, 2.05) is 23.1 Å². The fraction of sp³-hybridized carbons (Fsp3) is 0.320. The molecule has 8 heteroatoms. The highest BCUT2D eigenvalue weighted by molar-refractivity contribution is 5.94. The van der Waals surface area contributed by atoms with E-state index in [4.69, 9.17) is 0 Å². The number of nitrogens with one attached hydrogen (secondary N) is 1. The lowest BCUT2D eigenvalue weighted by atomic mass is 10.0. The number of hydrogen-bond acceptors (Lipinski definition) is 4. The molecule has 5 rings (SSSR count). The smallest absolute Gasteiger partial charge is 0.274 e. The summed E-state index contributed by atoms with van der Waals surface area (Å²) in [7, 11) is 0. The van der Waals surface area contributed by atoms with E-state index >= 15 is 0 Å². The predicted molar refractivity (Wildman–Crippen MR) is 122 cm³/mol. The average molecular weight is 448 g/mol. The summed E-state index contributed by atoms with van der Waals surface area (Å²) in [5.74, 6) is -0.636. The summed E-state index contributed by atoms with van der Waals surface area (Å²) in [6.07, 6.45) is 0.602. The van der Waals surface area contributed by atoms with Gasteiger partial charge in [0.25, 0.3) is 5.91 Å². The Hall–Kier alpha value is -3.68. The van der Waals surface area contributed by atoms with Gasteiger partial charge in [0.05, 0.1) is 6.42 Å². The Labute approximate surface area is 191 Å². The van der Waals surface area contributed by atoms with Crippen molar-refractivity contribution in [2.24, 2.45) is 0 Å². The predicted octanol–water partition coefficient (Wildman–Crippen LogP) is 2.64. The van der Waals surface area contributed by atoms with Gasteiger partial charge in [0.15, 0.2) is 5.69 Å². The number of H-pyrrole nitrogens is 1. The topological polar surface area (TPSA) is 72.5 Å². The zero-order valence-electron chi connectivity index (χ0n) is 18.3. The molecule has 2 amide bonds. The van der Waals surface area contributed by atoms with E-state index in [1.165, 1.54) is 6.07 Å². The molecule has 0 unspecified atom stereocenters. The van der Waals surface area contributed by atoms with Crippen LogP contribution < -0.4 is 4.90 Å². The highest BCUT2D eigenvalue weighted by Crippen LogP contribution is 2.24. The number of aromatic amines is 1. The number of para-hydroxylation sites is 1. The first kappa shape index (κ1) is 21.2. The molecule has 33 heavy (non-hydrogen) atoms. The number of rotatable bonds is 4. The van der Waals surface area contributed by atoms with E-state index in [0.29, 0.717) is 43.9 Å². The Kier molecular flexibility index (Phi) is 5.81. The molecular formula is C25H26FN5O2. The lowest BCUT2D eigenvalue weighted by Crippen LogP contribution is -2.49. The third kappa shape index (κ3) is 4.33. The van der Waals surface area contributed by atoms with Gasteiger partial charge in [-0.3, -0.25) is 14.7 Å². The molecule has 1 aromatic heterocycles. The number of benzene rings is 2. The van der Waals surface area contributed by atoms with Gasteiger partial charge in [0, 0.05) is 62.6 Å². The van der Waals surface area contributed by atoms with Crippen LogP contribution in [0.3, 0.4) is 0 Å². The second-order valence-corrected chi connectivity index (χ2v) is 8.48. The third-order valence-electron chi connectivity index (χ3n) is 6.48. The van der Waals surface area contributed by atoms with Gasteiger partial charge in [0.1, 0.15) is 5.82 Å². The van der Waals surface area contributed by atoms with E-state index in [9.17, 15) is 14.0 Å². The number of piperazine rings is 1. The minimum Gasteiger partial charge on any atom is -0.368 e. The summed E-state index contributed by atoms with van der Waals surface area (Å²) in [4.78, 5) is 31.9. The van der Waals surface area contributed by atoms with E-state index < -0.39 is 0 Å². The summed E-state index contributed by atoms with van der Waals surface area (Å²) in [5, 5.41) is 7.31. The maximum Gasteiger partial charge on any atom is 0.274 e. The van der Waals surface area contributed by atoms with Gasteiger partial charge in [0.2, 0.25) is 5.91 Å². The molecule has 2 aliphatic rings. The second-order valence-electron chi connectivity index (χ2n) is 8.48. The summed E-state index contributed by atoms with van der Waals surface area (Å²) in [6, 6.07) is 16.5. The van der Waals surface area contributed by atoms with Crippen molar-refractivity contribution in [1.29, 1.82) is 0 Å². The number of fused-ring (bicyclic) bond motifs is 1. The standard InChI is InChI=1S/C25H26FN5O2/c26-21-9-5-4-6-18(21)16-23(32)31-11-10-22-20(17-31)24(28-27-22)25(33)30-14-12-29(13-15-30)19-7-2-1-3-8-19/h1-9H,10-17H2,(H,27,28). The normalized spacial score (nSPS) is 16.0.